The van der Waals surface area contributed by atoms with Crippen molar-refractivity contribution >= 4 is 23.7 Å². The molecule has 1 aliphatic heterocycles. The summed E-state index contributed by atoms with van der Waals surface area (Å²) in [6.45, 7) is 6.24. The van der Waals surface area contributed by atoms with Gasteiger partial charge in [-0.2, -0.15) is 0 Å². The summed E-state index contributed by atoms with van der Waals surface area (Å²) < 4.78 is 5.43. The number of aromatic nitrogens is 2. The lowest BCUT2D eigenvalue weighted by molar-refractivity contribution is 0.0289. The normalized spacial score (nSPS) is 16.9. The van der Waals surface area contributed by atoms with Crippen molar-refractivity contribution in [2.45, 2.75) is 57.7 Å². The van der Waals surface area contributed by atoms with Crippen LogP contribution in [0.25, 0.3) is 11.3 Å². The molecule has 1 saturated heterocycles. The molecular weight excluding hydrogens is 508 g/mol. The van der Waals surface area contributed by atoms with Gasteiger partial charge >= 0.3 is 6.09 Å². The highest BCUT2D eigenvalue weighted by atomic mass is 16.6. The van der Waals surface area contributed by atoms with Crippen LogP contribution in [-0.4, -0.2) is 63.5 Å². The molecule has 1 fully saturated rings. The molecule has 10 nitrogen and oxygen atoms in total. The van der Waals surface area contributed by atoms with Crippen molar-refractivity contribution in [2.75, 3.05) is 18.8 Å². The van der Waals surface area contributed by atoms with Crippen molar-refractivity contribution in [2.24, 2.45) is 0 Å². The van der Waals surface area contributed by atoms with Crippen molar-refractivity contribution in [3.63, 3.8) is 0 Å². The number of amides is 3. The second-order valence-corrected chi connectivity index (χ2v) is 11.3. The largest absolute Gasteiger partial charge is 0.444 e. The zero-order valence-electron chi connectivity index (χ0n) is 22.9. The number of nitrogens with zero attached hydrogens (tertiary/aromatic N) is 3. The molecule has 3 aromatic rings. The summed E-state index contributed by atoms with van der Waals surface area (Å²) >= 11 is 0. The van der Waals surface area contributed by atoms with Crippen molar-refractivity contribution < 1.29 is 19.1 Å². The number of nitrogens with two attached hydrogens (primary N) is 1. The van der Waals surface area contributed by atoms with Crippen LogP contribution in [0, 0.1) is 0 Å². The summed E-state index contributed by atoms with van der Waals surface area (Å²) in [5.41, 5.74) is 9.49. The monoisotopic (exact) mass is 542 g/mol. The van der Waals surface area contributed by atoms with E-state index >= 15 is 0 Å². The van der Waals surface area contributed by atoms with E-state index in [0.29, 0.717) is 36.3 Å². The minimum Gasteiger partial charge on any atom is -0.444 e. The Kier molecular flexibility index (Phi) is 7.42. The molecule has 3 amide bonds. The number of likely N-dealkylation sites (tertiary alicyclic amines) is 1. The number of hydrogen-bond acceptors (Lipinski definition) is 7. The van der Waals surface area contributed by atoms with E-state index in [1.54, 1.807) is 29.2 Å². The molecule has 2 aliphatic rings. The first-order valence-electron chi connectivity index (χ1n) is 13.4. The number of carbonyl (C=O) groups is 3. The van der Waals surface area contributed by atoms with Gasteiger partial charge in [0.2, 0.25) is 0 Å². The molecule has 0 spiro atoms. The first-order valence-corrected chi connectivity index (χ1v) is 13.4. The molecular formula is C30H34N6O4. The maximum Gasteiger partial charge on any atom is 0.410 e. The Morgan fingerprint density at radius 2 is 1.68 bits per heavy atom. The predicted octanol–water partition coefficient (Wildman–Crippen LogP) is 3.36. The fourth-order valence-corrected chi connectivity index (χ4v) is 5.08. The van der Waals surface area contributed by atoms with Crippen molar-refractivity contribution in [1.29, 1.82) is 0 Å². The van der Waals surface area contributed by atoms with Crippen LogP contribution in [0.3, 0.4) is 0 Å². The highest BCUT2D eigenvalue weighted by molar-refractivity contribution is 5.98. The zero-order valence-corrected chi connectivity index (χ0v) is 22.9. The highest BCUT2D eigenvalue weighted by Gasteiger charge is 2.31. The predicted molar refractivity (Wildman–Crippen MR) is 151 cm³/mol. The molecule has 1 aliphatic carbocycles. The first kappa shape index (κ1) is 27.1. The van der Waals surface area contributed by atoms with Gasteiger partial charge in [-0.25, -0.2) is 14.8 Å². The highest BCUT2D eigenvalue weighted by Crippen LogP contribution is 2.24. The van der Waals surface area contributed by atoms with E-state index in [1.165, 1.54) is 17.3 Å². The van der Waals surface area contributed by atoms with Crippen molar-refractivity contribution in [3.05, 3.63) is 77.1 Å². The topological polar surface area (TPSA) is 140 Å². The zero-order chi connectivity index (χ0) is 28.4. The van der Waals surface area contributed by atoms with E-state index < -0.39 is 17.6 Å². The summed E-state index contributed by atoms with van der Waals surface area (Å²) in [6, 6.07) is 15.1. The van der Waals surface area contributed by atoms with Crippen LogP contribution in [0.2, 0.25) is 0 Å². The van der Waals surface area contributed by atoms with Gasteiger partial charge in [0.25, 0.3) is 11.8 Å². The summed E-state index contributed by atoms with van der Waals surface area (Å²) in [7, 11) is 0. The number of nitrogen functional groups attached to an aromatic ring is 1. The molecule has 40 heavy (non-hydrogen) atoms. The van der Waals surface area contributed by atoms with Gasteiger partial charge in [0.1, 0.15) is 5.60 Å². The van der Waals surface area contributed by atoms with Crippen LogP contribution in [0.15, 0.2) is 54.7 Å². The van der Waals surface area contributed by atoms with E-state index in [4.69, 9.17) is 10.5 Å². The molecule has 10 heteroatoms. The van der Waals surface area contributed by atoms with Crippen LogP contribution in [0.5, 0.6) is 0 Å². The van der Waals surface area contributed by atoms with E-state index in [-0.39, 0.29) is 29.5 Å². The van der Waals surface area contributed by atoms with Crippen LogP contribution in [0.1, 0.15) is 59.2 Å². The summed E-state index contributed by atoms with van der Waals surface area (Å²) in [5, 5.41) is 6.03. The third kappa shape index (κ3) is 6.22. The minimum atomic E-state index is -0.594. The molecule has 0 bridgehead atoms. The summed E-state index contributed by atoms with van der Waals surface area (Å²) in [4.78, 5) is 48.7. The van der Waals surface area contributed by atoms with E-state index in [0.717, 1.165) is 12.8 Å². The van der Waals surface area contributed by atoms with Crippen LogP contribution >= 0.6 is 0 Å². The van der Waals surface area contributed by atoms with E-state index in [2.05, 4.69) is 32.7 Å². The Labute approximate surface area is 233 Å². The lowest BCUT2D eigenvalue weighted by atomic mass is 10.1. The Bertz CT molecular complexity index is 1430. The number of rotatable bonds is 5. The quantitative estimate of drug-likeness (QED) is 0.449. The van der Waals surface area contributed by atoms with Crippen molar-refractivity contribution in [1.82, 2.24) is 25.5 Å². The fraction of sp³-hybridized carbons (Fsp3) is 0.367. The van der Waals surface area contributed by atoms with Gasteiger partial charge in [-0.05, 0) is 63.3 Å². The van der Waals surface area contributed by atoms with E-state index in [1.807, 2.05) is 32.9 Å². The average molecular weight is 543 g/mol. The molecule has 5 rings (SSSR count). The third-order valence-corrected chi connectivity index (χ3v) is 7.00. The molecule has 208 valence electrons. The average Bonchev–Trinajstić information content (AvgIpc) is 3.54. The molecule has 0 radical (unpaired) electrons. The third-order valence-electron chi connectivity index (χ3n) is 7.00. The molecule has 2 heterocycles. The Hall–Kier alpha value is -4.47. The van der Waals surface area contributed by atoms with Crippen LogP contribution < -0.4 is 16.4 Å². The number of ether oxygens (including phenoxy) is 1. The Balaban J connectivity index is 1.24. The van der Waals surface area contributed by atoms with Gasteiger partial charge in [-0.15, -0.1) is 0 Å². The van der Waals surface area contributed by atoms with Crippen molar-refractivity contribution in [3.8, 4) is 11.3 Å². The second kappa shape index (κ2) is 11.0. The number of fused-ring (bicyclic) bond motifs is 1. The second-order valence-electron chi connectivity index (χ2n) is 11.3. The Morgan fingerprint density at radius 1 is 0.975 bits per heavy atom. The van der Waals surface area contributed by atoms with Crippen LogP contribution in [-0.2, 0) is 17.6 Å². The smallest absolute Gasteiger partial charge is 0.410 e. The SMILES string of the molecule is CC(C)(C)OC(=O)N1CC[C@H](NC(=O)c2nc(-c3cccc(C(=O)NC4Cc5ccccc5C4)c3)cnc2N)C1. The lowest BCUT2D eigenvalue weighted by Crippen LogP contribution is -2.40. The number of nitrogens with one attached hydrogen (secondary N) is 2. The van der Waals surface area contributed by atoms with Crippen LogP contribution in [0.4, 0.5) is 10.6 Å². The molecule has 1 atom stereocenters. The number of hydrogen-bond donors (Lipinski definition) is 3. The Morgan fingerprint density at radius 3 is 2.38 bits per heavy atom. The summed E-state index contributed by atoms with van der Waals surface area (Å²) in [5.74, 6) is -0.646. The molecule has 2 aromatic carbocycles. The maximum atomic E-state index is 13.1. The van der Waals surface area contributed by atoms with E-state index in [9.17, 15) is 14.4 Å². The van der Waals surface area contributed by atoms with Gasteiger partial charge in [-0.3, -0.25) is 9.59 Å². The molecule has 0 saturated carbocycles. The molecule has 1 aromatic heterocycles. The fourth-order valence-electron chi connectivity index (χ4n) is 5.08. The first-order chi connectivity index (χ1) is 19.1. The maximum absolute atomic E-state index is 13.1. The summed E-state index contributed by atoms with van der Waals surface area (Å²) in [6.07, 6.45) is 3.27. The van der Waals surface area contributed by atoms with Gasteiger partial charge in [0.15, 0.2) is 11.5 Å². The molecule has 4 N–H and O–H groups in total. The molecule has 0 unspecified atom stereocenters. The minimum absolute atomic E-state index is 0.00191. The number of anilines is 1. The van der Waals surface area contributed by atoms with Gasteiger partial charge < -0.3 is 26.0 Å². The number of carbonyl (C=O) groups excluding carboxylic acids is 3. The van der Waals surface area contributed by atoms with Gasteiger partial charge in [0, 0.05) is 36.3 Å². The lowest BCUT2D eigenvalue weighted by Gasteiger charge is -2.24. The van der Waals surface area contributed by atoms with Gasteiger partial charge in [-0.1, -0.05) is 36.4 Å². The standard InChI is InChI=1S/C30H34N6O4/c1-30(2,3)40-29(39)36-12-11-22(17-36)33-28(38)25-26(31)32-16-24(35-25)20-9-6-10-21(13-20)27(37)34-23-14-18-7-4-5-8-19(18)15-23/h4-10,13,16,22-23H,11-12,14-15,17H2,1-3H3,(H2,31,32)(H,33,38)(H,34,37)/t22-/m0/s1. The number of benzene rings is 2. The van der Waals surface area contributed by atoms with Gasteiger partial charge in [0.05, 0.1) is 11.9 Å².